The Labute approximate surface area is 152 Å². The first kappa shape index (κ1) is 16.1. The van der Waals surface area contributed by atoms with Gasteiger partial charge in [0.15, 0.2) is 0 Å². The molecule has 1 aliphatic carbocycles. The Kier molecular flexibility index (Phi) is 3.81. The van der Waals surface area contributed by atoms with Gasteiger partial charge in [0.2, 0.25) is 5.78 Å². The summed E-state index contributed by atoms with van der Waals surface area (Å²) in [6.07, 6.45) is 11.2. The van der Waals surface area contributed by atoms with Gasteiger partial charge in [-0.2, -0.15) is 0 Å². The van der Waals surface area contributed by atoms with Gasteiger partial charge >= 0.3 is 0 Å². The summed E-state index contributed by atoms with van der Waals surface area (Å²) in [7, 11) is 1.90. The molecule has 0 amide bonds. The molecule has 2 aliphatic rings. The molecule has 0 saturated carbocycles. The zero-order valence-electron chi connectivity index (χ0n) is 14.6. The van der Waals surface area contributed by atoms with E-state index < -0.39 is 0 Å². The number of ketones is 1. The highest BCUT2D eigenvalue weighted by molar-refractivity contribution is 6.15. The molecule has 0 saturated heterocycles. The van der Waals surface area contributed by atoms with Crippen molar-refractivity contribution in [1.82, 2.24) is 4.98 Å². The SMILES string of the molecule is CC1=C/C(=C\C=C2/C=Cc3cccc(O)c3N2C)C(=O)c2ncccc21. The van der Waals surface area contributed by atoms with Crippen LogP contribution in [0.2, 0.25) is 0 Å². The Morgan fingerprint density at radius 3 is 2.81 bits per heavy atom. The molecule has 0 fully saturated rings. The summed E-state index contributed by atoms with van der Waals surface area (Å²) in [5.74, 6) is 0.157. The molecule has 0 unspecified atom stereocenters. The van der Waals surface area contributed by atoms with E-state index in [0.29, 0.717) is 11.3 Å². The van der Waals surface area contributed by atoms with Crippen LogP contribution in [0.1, 0.15) is 28.5 Å². The summed E-state index contributed by atoms with van der Waals surface area (Å²) in [5.41, 5.74) is 5.60. The molecular weight excluding hydrogens is 324 g/mol. The van der Waals surface area contributed by atoms with Crippen LogP contribution in [-0.4, -0.2) is 22.9 Å². The van der Waals surface area contributed by atoms with Gasteiger partial charge in [-0.05, 0) is 48.9 Å². The quantitative estimate of drug-likeness (QED) is 0.782. The fraction of sp³-hybridized carbons (Fsp3) is 0.0909. The summed E-state index contributed by atoms with van der Waals surface area (Å²) in [4.78, 5) is 18.8. The van der Waals surface area contributed by atoms with Gasteiger partial charge in [0.25, 0.3) is 0 Å². The maximum Gasteiger partial charge on any atom is 0.211 e. The molecule has 2 aromatic rings. The van der Waals surface area contributed by atoms with Crippen molar-refractivity contribution in [3.8, 4) is 5.75 Å². The number of anilines is 1. The van der Waals surface area contributed by atoms with Crippen molar-refractivity contribution in [2.45, 2.75) is 6.92 Å². The van der Waals surface area contributed by atoms with Crippen LogP contribution in [0.5, 0.6) is 5.75 Å². The van der Waals surface area contributed by atoms with Crippen LogP contribution in [-0.2, 0) is 0 Å². The van der Waals surface area contributed by atoms with E-state index in [4.69, 9.17) is 0 Å². The zero-order valence-corrected chi connectivity index (χ0v) is 14.6. The van der Waals surface area contributed by atoms with E-state index >= 15 is 0 Å². The fourth-order valence-electron chi connectivity index (χ4n) is 3.35. The van der Waals surface area contributed by atoms with E-state index in [0.717, 1.165) is 28.1 Å². The van der Waals surface area contributed by atoms with Crippen LogP contribution >= 0.6 is 0 Å². The van der Waals surface area contributed by atoms with Crippen LogP contribution in [0.3, 0.4) is 0 Å². The number of phenolic OH excluding ortho intramolecular Hbond substituents is 1. The van der Waals surface area contributed by atoms with E-state index in [1.54, 1.807) is 12.3 Å². The van der Waals surface area contributed by atoms with Crippen LogP contribution in [0.4, 0.5) is 5.69 Å². The van der Waals surface area contributed by atoms with Crippen molar-refractivity contribution in [3.63, 3.8) is 0 Å². The standard InChI is InChI=1S/C22H18N2O2/c1-14-13-16(22(26)20-18(14)6-4-12-23-20)9-11-17-10-8-15-5-3-7-19(25)21(15)24(17)2/h3-13,25H,1-2H3/b16-9+,17-11+. The third-order valence-electron chi connectivity index (χ3n) is 4.72. The Morgan fingerprint density at radius 2 is 1.96 bits per heavy atom. The first-order valence-electron chi connectivity index (χ1n) is 8.40. The number of Topliss-reactive ketones (excluding diaryl/α,β-unsaturated/α-hetero) is 1. The number of pyridine rings is 1. The molecule has 4 rings (SSSR count). The van der Waals surface area contributed by atoms with Gasteiger partial charge in [-0.25, -0.2) is 0 Å². The van der Waals surface area contributed by atoms with Crippen molar-refractivity contribution in [3.05, 3.63) is 88.9 Å². The van der Waals surface area contributed by atoms with Crippen LogP contribution in [0, 0.1) is 0 Å². The zero-order chi connectivity index (χ0) is 18.3. The van der Waals surface area contributed by atoms with Crippen molar-refractivity contribution in [1.29, 1.82) is 0 Å². The third kappa shape index (κ3) is 2.56. The number of allylic oxidation sites excluding steroid dienone is 6. The summed E-state index contributed by atoms with van der Waals surface area (Å²) >= 11 is 0. The van der Waals surface area contributed by atoms with Gasteiger partial charge in [-0.15, -0.1) is 0 Å². The average Bonchev–Trinajstić information content (AvgIpc) is 2.65. The maximum atomic E-state index is 12.7. The molecule has 1 aliphatic heterocycles. The predicted octanol–water partition coefficient (Wildman–Crippen LogP) is 4.36. The lowest BCUT2D eigenvalue weighted by atomic mass is 9.91. The highest BCUT2D eigenvalue weighted by atomic mass is 16.3. The highest BCUT2D eigenvalue weighted by Crippen LogP contribution is 2.37. The molecule has 128 valence electrons. The second-order valence-corrected chi connectivity index (χ2v) is 6.38. The van der Waals surface area contributed by atoms with E-state index in [2.05, 4.69) is 4.98 Å². The molecule has 0 radical (unpaired) electrons. The van der Waals surface area contributed by atoms with Gasteiger partial charge in [-0.3, -0.25) is 9.78 Å². The van der Waals surface area contributed by atoms with Crippen molar-refractivity contribution in [2.75, 3.05) is 11.9 Å². The second-order valence-electron chi connectivity index (χ2n) is 6.38. The number of carbonyl (C=O) groups excluding carboxylic acids is 1. The largest absolute Gasteiger partial charge is 0.506 e. The molecule has 1 N–H and O–H groups in total. The minimum atomic E-state index is -0.0752. The number of likely N-dealkylation sites (N-methyl/N-ethyl adjacent to an activating group) is 1. The maximum absolute atomic E-state index is 12.7. The lowest BCUT2D eigenvalue weighted by molar-refractivity contribution is 0.103. The van der Waals surface area contributed by atoms with Gasteiger partial charge in [0.05, 0.1) is 5.69 Å². The normalized spacial score (nSPS) is 18.8. The number of aromatic hydroxyl groups is 1. The van der Waals surface area contributed by atoms with Gasteiger partial charge in [0, 0.05) is 35.6 Å². The second kappa shape index (κ2) is 6.15. The number of hydrogen-bond donors (Lipinski definition) is 1. The van der Waals surface area contributed by atoms with E-state index in [-0.39, 0.29) is 11.5 Å². The van der Waals surface area contributed by atoms with Crippen molar-refractivity contribution in [2.24, 2.45) is 0 Å². The molecule has 4 nitrogen and oxygen atoms in total. The number of carbonyl (C=O) groups is 1. The number of rotatable bonds is 1. The molecule has 26 heavy (non-hydrogen) atoms. The lowest BCUT2D eigenvalue weighted by Gasteiger charge is -2.27. The Bertz CT molecular complexity index is 1040. The first-order valence-corrected chi connectivity index (χ1v) is 8.40. The van der Waals surface area contributed by atoms with Crippen LogP contribution in [0.15, 0.2) is 72.1 Å². The summed E-state index contributed by atoms with van der Waals surface area (Å²) in [5, 5.41) is 10.2. The minimum Gasteiger partial charge on any atom is -0.506 e. The predicted molar refractivity (Wildman–Crippen MR) is 104 cm³/mol. The number of aromatic nitrogens is 1. The molecule has 1 aromatic carbocycles. The van der Waals surface area contributed by atoms with Crippen molar-refractivity contribution < 1.29 is 9.90 Å². The number of para-hydroxylation sites is 1. The van der Waals surface area contributed by atoms with Gasteiger partial charge < -0.3 is 10.0 Å². The number of benzene rings is 1. The topological polar surface area (TPSA) is 53.4 Å². The summed E-state index contributed by atoms with van der Waals surface area (Å²) < 4.78 is 0. The van der Waals surface area contributed by atoms with E-state index in [1.165, 1.54) is 0 Å². The van der Waals surface area contributed by atoms with Crippen LogP contribution in [0.25, 0.3) is 11.6 Å². The summed E-state index contributed by atoms with van der Waals surface area (Å²) in [6, 6.07) is 9.20. The molecule has 1 aromatic heterocycles. The lowest BCUT2D eigenvalue weighted by Crippen LogP contribution is -2.18. The molecule has 0 spiro atoms. The monoisotopic (exact) mass is 342 g/mol. The Balaban J connectivity index is 1.72. The number of nitrogens with zero attached hydrogens (tertiary/aromatic N) is 2. The molecule has 0 bridgehead atoms. The highest BCUT2D eigenvalue weighted by Gasteiger charge is 2.22. The number of phenols is 1. The smallest absolute Gasteiger partial charge is 0.211 e. The molecule has 4 heteroatoms. The van der Waals surface area contributed by atoms with E-state index in [1.807, 2.05) is 73.5 Å². The summed E-state index contributed by atoms with van der Waals surface area (Å²) in [6.45, 7) is 1.98. The van der Waals surface area contributed by atoms with Gasteiger partial charge in [0.1, 0.15) is 11.4 Å². The first-order chi connectivity index (χ1) is 12.6. The van der Waals surface area contributed by atoms with E-state index in [9.17, 15) is 9.90 Å². The third-order valence-corrected chi connectivity index (χ3v) is 4.72. The Morgan fingerprint density at radius 1 is 1.12 bits per heavy atom. The van der Waals surface area contributed by atoms with Gasteiger partial charge in [-0.1, -0.05) is 24.3 Å². The van der Waals surface area contributed by atoms with Crippen molar-refractivity contribution >= 4 is 23.1 Å². The number of fused-ring (bicyclic) bond motifs is 2. The minimum absolute atomic E-state index is 0.0752. The fourth-order valence-corrected chi connectivity index (χ4v) is 3.35. The van der Waals surface area contributed by atoms with Crippen LogP contribution < -0.4 is 4.90 Å². The molecule has 0 atom stereocenters. The Hall–Kier alpha value is -3.40. The molecule has 2 heterocycles. The number of hydrogen-bond acceptors (Lipinski definition) is 4. The average molecular weight is 342 g/mol. The molecular formula is C22H18N2O2.